The Bertz CT molecular complexity index is 1310. The third-order valence-electron chi connectivity index (χ3n) is 5.35. The number of hydrogen-bond donors (Lipinski definition) is 0. The lowest BCUT2D eigenvalue weighted by Gasteiger charge is -2.08. The van der Waals surface area contributed by atoms with E-state index in [-0.39, 0.29) is 5.97 Å². The molecule has 34 heavy (non-hydrogen) atoms. The van der Waals surface area contributed by atoms with Gasteiger partial charge in [-0.1, -0.05) is 19.1 Å². The molecular formula is C26H23F3N2O2S. The molecule has 0 bridgehead atoms. The number of carbonyl (C=O) groups excluding carboxylic acids is 1. The molecule has 176 valence electrons. The third kappa shape index (κ3) is 5.62. The fourth-order valence-electron chi connectivity index (χ4n) is 3.46. The Labute approximate surface area is 199 Å². The van der Waals surface area contributed by atoms with E-state index >= 15 is 0 Å². The van der Waals surface area contributed by atoms with Crippen molar-refractivity contribution in [3.63, 3.8) is 0 Å². The van der Waals surface area contributed by atoms with Crippen LogP contribution in [0, 0.1) is 6.92 Å². The summed E-state index contributed by atoms with van der Waals surface area (Å²) in [5.74, 6) is 1.20. The van der Waals surface area contributed by atoms with Crippen molar-refractivity contribution in [3.05, 3.63) is 83.6 Å². The van der Waals surface area contributed by atoms with Gasteiger partial charge in [-0.25, -0.2) is 4.68 Å². The van der Waals surface area contributed by atoms with Gasteiger partial charge in [-0.15, -0.1) is 11.8 Å². The highest BCUT2D eigenvalue weighted by Crippen LogP contribution is 2.30. The van der Waals surface area contributed by atoms with Crippen LogP contribution in [0.4, 0.5) is 13.2 Å². The van der Waals surface area contributed by atoms with Gasteiger partial charge in [0.25, 0.3) is 0 Å². The number of hydrogen-bond acceptors (Lipinski definition) is 4. The summed E-state index contributed by atoms with van der Waals surface area (Å²) in [6, 6.07) is 16.8. The number of ether oxygens (including phenoxy) is 1. The molecule has 1 aromatic heterocycles. The maximum atomic E-state index is 12.8. The molecule has 0 spiro atoms. The number of halogens is 3. The molecule has 0 fully saturated rings. The first-order valence-corrected chi connectivity index (χ1v) is 11.8. The van der Waals surface area contributed by atoms with E-state index in [1.165, 1.54) is 12.1 Å². The Morgan fingerprint density at radius 2 is 1.82 bits per heavy atom. The fourth-order valence-corrected chi connectivity index (χ4v) is 4.46. The topological polar surface area (TPSA) is 44.1 Å². The second kappa shape index (κ2) is 9.93. The Balaban J connectivity index is 1.40. The van der Waals surface area contributed by atoms with E-state index in [9.17, 15) is 18.0 Å². The zero-order valence-corrected chi connectivity index (χ0v) is 19.5. The average Bonchev–Trinajstić information content (AvgIpc) is 3.24. The van der Waals surface area contributed by atoms with Crippen molar-refractivity contribution in [1.29, 1.82) is 0 Å². The van der Waals surface area contributed by atoms with Crippen LogP contribution in [-0.4, -0.2) is 21.5 Å². The molecule has 0 unspecified atom stereocenters. The molecular weight excluding hydrogens is 461 g/mol. The number of fused-ring (bicyclic) bond motifs is 1. The van der Waals surface area contributed by atoms with Crippen LogP contribution in [0.25, 0.3) is 16.6 Å². The van der Waals surface area contributed by atoms with E-state index in [0.717, 1.165) is 51.2 Å². The SMILES string of the molecule is CCC(=O)Oc1ccc(SCCc2ccc3cn(-c4ccc(C(F)(F)F)cc4)nc3c2)cc1C. The van der Waals surface area contributed by atoms with Crippen LogP contribution in [0.3, 0.4) is 0 Å². The molecule has 0 N–H and O–H groups in total. The van der Waals surface area contributed by atoms with Crippen LogP contribution in [0.15, 0.2) is 71.8 Å². The van der Waals surface area contributed by atoms with Gasteiger partial charge < -0.3 is 4.74 Å². The molecule has 0 saturated carbocycles. The highest BCUT2D eigenvalue weighted by Gasteiger charge is 2.30. The van der Waals surface area contributed by atoms with Gasteiger partial charge in [0.15, 0.2) is 0 Å². The summed E-state index contributed by atoms with van der Waals surface area (Å²) in [5.41, 5.74) is 2.73. The van der Waals surface area contributed by atoms with E-state index in [1.54, 1.807) is 23.4 Å². The molecule has 8 heteroatoms. The summed E-state index contributed by atoms with van der Waals surface area (Å²) < 4.78 is 45.3. The minimum absolute atomic E-state index is 0.250. The highest BCUT2D eigenvalue weighted by molar-refractivity contribution is 7.99. The molecule has 4 nitrogen and oxygen atoms in total. The largest absolute Gasteiger partial charge is 0.426 e. The first kappa shape index (κ1) is 23.9. The normalized spacial score (nSPS) is 11.7. The second-order valence-electron chi connectivity index (χ2n) is 7.86. The summed E-state index contributed by atoms with van der Waals surface area (Å²) in [4.78, 5) is 12.6. The Hall–Kier alpha value is -3.26. The number of rotatable bonds is 7. The lowest BCUT2D eigenvalue weighted by atomic mass is 10.1. The number of alkyl halides is 3. The summed E-state index contributed by atoms with van der Waals surface area (Å²) in [6.45, 7) is 3.68. The van der Waals surface area contributed by atoms with Crippen molar-refractivity contribution in [2.24, 2.45) is 0 Å². The van der Waals surface area contributed by atoms with Crippen LogP contribution in [0.5, 0.6) is 5.75 Å². The van der Waals surface area contributed by atoms with Gasteiger partial charge in [0.2, 0.25) is 0 Å². The van der Waals surface area contributed by atoms with E-state index in [2.05, 4.69) is 5.10 Å². The van der Waals surface area contributed by atoms with Crippen molar-refractivity contribution < 1.29 is 22.7 Å². The highest BCUT2D eigenvalue weighted by atomic mass is 32.2. The maximum Gasteiger partial charge on any atom is 0.416 e. The Morgan fingerprint density at radius 1 is 1.06 bits per heavy atom. The summed E-state index contributed by atoms with van der Waals surface area (Å²) in [5, 5.41) is 5.46. The molecule has 0 aliphatic carbocycles. The molecule has 0 amide bonds. The van der Waals surface area contributed by atoms with Crippen molar-refractivity contribution in [2.75, 3.05) is 5.75 Å². The minimum atomic E-state index is -4.36. The Kier molecular flexibility index (Phi) is 6.97. The van der Waals surface area contributed by atoms with Gasteiger partial charge in [-0.2, -0.15) is 18.3 Å². The van der Waals surface area contributed by atoms with Crippen molar-refractivity contribution in [1.82, 2.24) is 9.78 Å². The number of esters is 1. The molecule has 4 rings (SSSR count). The number of carbonyl (C=O) groups is 1. The van der Waals surface area contributed by atoms with Crippen molar-refractivity contribution in [2.45, 2.75) is 37.8 Å². The summed E-state index contributed by atoms with van der Waals surface area (Å²) in [6.07, 6.45) is -1.38. The van der Waals surface area contributed by atoms with E-state index in [0.29, 0.717) is 17.9 Å². The molecule has 1 heterocycles. The molecule has 0 radical (unpaired) electrons. The number of nitrogens with zero attached hydrogens (tertiary/aromatic N) is 2. The number of benzene rings is 3. The van der Waals surface area contributed by atoms with E-state index in [1.807, 2.05) is 49.5 Å². The first-order chi connectivity index (χ1) is 16.2. The lowest BCUT2D eigenvalue weighted by molar-refractivity contribution is -0.137. The summed E-state index contributed by atoms with van der Waals surface area (Å²) in [7, 11) is 0. The number of aromatic nitrogens is 2. The smallest absolute Gasteiger partial charge is 0.416 e. The molecule has 0 atom stereocenters. The summed E-state index contributed by atoms with van der Waals surface area (Å²) >= 11 is 1.72. The monoisotopic (exact) mass is 484 g/mol. The minimum Gasteiger partial charge on any atom is -0.426 e. The van der Waals surface area contributed by atoms with Gasteiger partial charge >= 0.3 is 12.1 Å². The molecule has 4 aromatic rings. The quantitative estimate of drug-likeness (QED) is 0.161. The standard InChI is InChI=1S/C26H23F3N2O2S/c1-3-25(32)33-24-11-10-22(14-17(24)2)34-13-12-18-4-5-19-16-31(30-23(19)15-18)21-8-6-20(7-9-21)26(27,28)29/h4-11,14-16H,3,12-13H2,1-2H3. The molecule has 0 aliphatic heterocycles. The van der Waals surface area contributed by atoms with Crippen LogP contribution in [0.2, 0.25) is 0 Å². The number of thioether (sulfide) groups is 1. The predicted octanol–water partition coefficient (Wildman–Crippen LogP) is 7.00. The van der Waals surface area contributed by atoms with Crippen molar-refractivity contribution in [3.8, 4) is 11.4 Å². The predicted molar refractivity (Wildman–Crippen MR) is 128 cm³/mol. The van der Waals surface area contributed by atoms with Gasteiger partial charge in [-0.3, -0.25) is 4.79 Å². The van der Waals surface area contributed by atoms with Crippen LogP contribution >= 0.6 is 11.8 Å². The Morgan fingerprint density at radius 3 is 2.50 bits per heavy atom. The fraction of sp³-hybridized carbons (Fsp3) is 0.231. The van der Waals surface area contributed by atoms with Crippen LogP contribution < -0.4 is 4.74 Å². The van der Waals surface area contributed by atoms with Gasteiger partial charge in [0.1, 0.15) is 5.75 Å². The zero-order chi connectivity index (χ0) is 24.3. The van der Waals surface area contributed by atoms with Gasteiger partial charge in [0, 0.05) is 28.7 Å². The lowest BCUT2D eigenvalue weighted by Crippen LogP contribution is -2.06. The van der Waals surface area contributed by atoms with Gasteiger partial charge in [-0.05, 0) is 73.0 Å². The van der Waals surface area contributed by atoms with E-state index < -0.39 is 11.7 Å². The van der Waals surface area contributed by atoms with E-state index in [4.69, 9.17) is 4.74 Å². The van der Waals surface area contributed by atoms with Crippen LogP contribution in [-0.2, 0) is 17.4 Å². The molecule has 0 aliphatic rings. The average molecular weight is 485 g/mol. The third-order valence-corrected chi connectivity index (χ3v) is 6.34. The zero-order valence-electron chi connectivity index (χ0n) is 18.7. The van der Waals surface area contributed by atoms with Crippen molar-refractivity contribution >= 4 is 28.6 Å². The van der Waals surface area contributed by atoms with Crippen LogP contribution in [0.1, 0.15) is 30.0 Å². The number of aryl methyl sites for hydroxylation is 2. The molecule has 3 aromatic carbocycles. The molecule has 0 saturated heterocycles. The second-order valence-corrected chi connectivity index (χ2v) is 9.03. The van der Waals surface area contributed by atoms with Gasteiger partial charge in [0.05, 0.1) is 16.8 Å². The maximum absolute atomic E-state index is 12.8. The first-order valence-electron chi connectivity index (χ1n) is 10.8.